The van der Waals surface area contributed by atoms with E-state index in [9.17, 15) is 4.79 Å². The summed E-state index contributed by atoms with van der Waals surface area (Å²) >= 11 is 0. The molecule has 0 spiro atoms. The van der Waals surface area contributed by atoms with Gasteiger partial charge in [-0.2, -0.15) is 0 Å². The van der Waals surface area contributed by atoms with Crippen LogP contribution < -0.4 is 15.4 Å². The molecule has 1 heterocycles. The van der Waals surface area contributed by atoms with Gasteiger partial charge in [-0.3, -0.25) is 0 Å². The number of amides is 2. The zero-order valence-corrected chi connectivity index (χ0v) is 14.1. The van der Waals surface area contributed by atoms with E-state index in [1.165, 1.54) is 0 Å². The third-order valence-corrected chi connectivity index (χ3v) is 3.61. The third-order valence-electron chi connectivity index (χ3n) is 3.61. The van der Waals surface area contributed by atoms with Gasteiger partial charge in [0.2, 0.25) is 5.88 Å². The number of urea groups is 1. The molecule has 0 aliphatic rings. The SMILES string of the molecule is Cc1ccc(NC(=O)Nc2ccc(Oc3ccccc3C)nc2)cc1. The second-order valence-corrected chi connectivity index (χ2v) is 5.70. The maximum atomic E-state index is 12.0. The predicted octanol–water partition coefficient (Wildman–Crippen LogP) is 5.13. The van der Waals surface area contributed by atoms with E-state index in [-0.39, 0.29) is 6.03 Å². The number of rotatable bonds is 4. The smallest absolute Gasteiger partial charge is 0.323 e. The van der Waals surface area contributed by atoms with Crippen LogP contribution >= 0.6 is 0 Å². The molecule has 3 rings (SSSR count). The first-order valence-electron chi connectivity index (χ1n) is 7.94. The van der Waals surface area contributed by atoms with Crippen molar-refractivity contribution in [1.82, 2.24) is 4.98 Å². The average Bonchev–Trinajstić information content (AvgIpc) is 2.61. The number of ether oxygens (including phenoxy) is 1. The monoisotopic (exact) mass is 333 g/mol. The van der Waals surface area contributed by atoms with Crippen LogP contribution in [-0.2, 0) is 0 Å². The summed E-state index contributed by atoms with van der Waals surface area (Å²) in [5.41, 5.74) is 3.49. The molecule has 0 unspecified atom stereocenters. The summed E-state index contributed by atoms with van der Waals surface area (Å²) in [6, 6.07) is 18.5. The normalized spacial score (nSPS) is 10.2. The maximum Gasteiger partial charge on any atom is 0.323 e. The Kier molecular flexibility index (Phi) is 4.95. The fourth-order valence-electron chi connectivity index (χ4n) is 2.23. The summed E-state index contributed by atoms with van der Waals surface area (Å²) in [4.78, 5) is 16.2. The Bertz CT molecular complexity index is 859. The highest BCUT2D eigenvalue weighted by atomic mass is 16.5. The summed E-state index contributed by atoms with van der Waals surface area (Å²) in [6.07, 6.45) is 1.56. The highest BCUT2D eigenvalue weighted by molar-refractivity contribution is 5.99. The van der Waals surface area contributed by atoms with Gasteiger partial charge in [0, 0.05) is 11.8 Å². The van der Waals surface area contributed by atoms with E-state index in [1.54, 1.807) is 18.3 Å². The molecule has 3 aromatic rings. The van der Waals surface area contributed by atoms with Gasteiger partial charge in [-0.05, 0) is 43.7 Å². The molecule has 0 atom stereocenters. The fourth-order valence-corrected chi connectivity index (χ4v) is 2.23. The van der Waals surface area contributed by atoms with Gasteiger partial charge in [0.1, 0.15) is 5.75 Å². The molecule has 126 valence electrons. The molecule has 1 aromatic heterocycles. The number of nitrogens with zero attached hydrogens (tertiary/aromatic N) is 1. The first-order valence-corrected chi connectivity index (χ1v) is 7.94. The number of hydrogen-bond acceptors (Lipinski definition) is 3. The Morgan fingerprint density at radius 2 is 1.56 bits per heavy atom. The van der Waals surface area contributed by atoms with Crippen molar-refractivity contribution in [3.05, 3.63) is 78.0 Å². The quantitative estimate of drug-likeness (QED) is 0.695. The van der Waals surface area contributed by atoms with Crippen molar-refractivity contribution in [2.75, 3.05) is 10.6 Å². The minimum atomic E-state index is -0.321. The van der Waals surface area contributed by atoms with Gasteiger partial charge >= 0.3 is 6.03 Å². The van der Waals surface area contributed by atoms with Crippen molar-refractivity contribution in [2.45, 2.75) is 13.8 Å². The van der Waals surface area contributed by atoms with Crippen LogP contribution in [0.15, 0.2) is 66.9 Å². The molecular formula is C20H19N3O2. The van der Waals surface area contributed by atoms with Crippen molar-refractivity contribution >= 4 is 17.4 Å². The minimum absolute atomic E-state index is 0.321. The van der Waals surface area contributed by atoms with Gasteiger partial charge in [0.05, 0.1) is 11.9 Å². The Morgan fingerprint density at radius 1 is 0.880 bits per heavy atom. The van der Waals surface area contributed by atoms with E-state index in [0.717, 1.165) is 22.6 Å². The van der Waals surface area contributed by atoms with Crippen molar-refractivity contribution in [2.24, 2.45) is 0 Å². The predicted molar refractivity (Wildman–Crippen MR) is 99.3 cm³/mol. The van der Waals surface area contributed by atoms with Crippen LogP contribution in [0.5, 0.6) is 11.6 Å². The van der Waals surface area contributed by atoms with Crippen LogP contribution in [0.2, 0.25) is 0 Å². The Morgan fingerprint density at radius 3 is 2.24 bits per heavy atom. The van der Waals surface area contributed by atoms with Gasteiger partial charge < -0.3 is 15.4 Å². The van der Waals surface area contributed by atoms with Gasteiger partial charge in [-0.1, -0.05) is 35.9 Å². The molecule has 5 nitrogen and oxygen atoms in total. The summed E-state index contributed by atoms with van der Waals surface area (Å²) < 4.78 is 5.74. The third kappa shape index (κ3) is 4.57. The van der Waals surface area contributed by atoms with Crippen LogP contribution in [0.4, 0.5) is 16.2 Å². The summed E-state index contributed by atoms with van der Waals surface area (Å²) in [5.74, 6) is 1.23. The van der Waals surface area contributed by atoms with E-state index < -0.39 is 0 Å². The zero-order chi connectivity index (χ0) is 17.6. The van der Waals surface area contributed by atoms with Crippen molar-refractivity contribution in [1.29, 1.82) is 0 Å². The number of hydrogen-bond donors (Lipinski definition) is 2. The molecule has 0 aliphatic carbocycles. The number of nitrogens with one attached hydrogen (secondary N) is 2. The van der Waals surface area contributed by atoms with Crippen molar-refractivity contribution in [3.8, 4) is 11.6 Å². The molecule has 2 amide bonds. The highest BCUT2D eigenvalue weighted by Crippen LogP contribution is 2.23. The van der Waals surface area contributed by atoms with E-state index in [1.807, 2.05) is 62.4 Å². The van der Waals surface area contributed by atoms with E-state index in [0.29, 0.717) is 11.6 Å². The van der Waals surface area contributed by atoms with Crippen LogP contribution in [0, 0.1) is 13.8 Å². The molecule has 0 saturated carbocycles. The summed E-state index contributed by atoms with van der Waals surface area (Å²) in [5, 5.41) is 5.51. The molecule has 25 heavy (non-hydrogen) atoms. The number of carbonyl (C=O) groups excluding carboxylic acids is 1. The second kappa shape index (κ2) is 7.49. The van der Waals surface area contributed by atoms with Gasteiger partial charge in [0.25, 0.3) is 0 Å². The lowest BCUT2D eigenvalue weighted by atomic mass is 10.2. The Balaban J connectivity index is 1.59. The lowest BCUT2D eigenvalue weighted by Crippen LogP contribution is -2.19. The number of aromatic nitrogens is 1. The Hall–Kier alpha value is -3.34. The number of anilines is 2. The lowest BCUT2D eigenvalue weighted by Gasteiger charge is -2.09. The minimum Gasteiger partial charge on any atom is -0.439 e. The van der Waals surface area contributed by atoms with E-state index in [4.69, 9.17) is 4.74 Å². The van der Waals surface area contributed by atoms with Crippen molar-refractivity contribution in [3.63, 3.8) is 0 Å². The van der Waals surface area contributed by atoms with Crippen molar-refractivity contribution < 1.29 is 9.53 Å². The first-order chi connectivity index (χ1) is 12.1. The largest absolute Gasteiger partial charge is 0.439 e. The van der Waals surface area contributed by atoms with Gasteiger partial charge in [0.15, 0.2) is 0 Å². The molecule has 0 radical (unpaired) electrons. The molecule has 5 heteroatoms. The molecule has 0 bridgehead atoms. The zero-order valence-electron chi connectivity index (χ0n) is 14.1. The summed E-state index contributed by atoms with van der Waals surface area (Å²) in [6.45, 7) is 3.97. The van der Waals surface area contributed by atoms with Crippen LogP contribution in [0.3, 0.4) is 0 Å². The molecule has 0 saturated heterocycles. The number of para-hydroxylation sites is 1. The van der Waals surface area contributed by atoms with E-state index in [2.05, 4.69) is 15.6 Å². The van der Waals surface area contributed by atoms with Gasteiger partial charge in [-0.15, -0.1) is 0 Å². The maximum absolute atomic E-state index is 12.0. The topological polar surface area (TPSA) is 63.2 Å². The van der Waals surface area contributed by atoms with E-state index >= 15 is 0 Å². The number of benzene rings is 2. The van der Waals surface area contributed by atoms with Gasteiger partial charge in [-0.25, -0.2) is 9.78 Å². The molecule has 2 N–H and O–H groups in total. The molecule has 0 fully saturated rings. The average molecular weight is 333 g/mol. The molecule has 2 aromatic carbocycles. The lowest BCUT2D eigenvalue weighted by molar-refractivity contribution is 0.262. The second-order valence-electron chi connectivity index (χ2n) is 5.70. The fraction of sp³-hybridized carbons (Fsp3) is 0.100. The number of pyridine rings is 1. The van der Waals surface area contributed by atoms with Crippen LogP contribution in [-0.4, -0.2) is 11.0 Å². The first kappa shape index (κ1) is 16.5. The van der Waals surface area contributed by atoms with Crippen LogP contribution in [0.25, 0.3) is 0 Å². The Labute approximate surface area is 146 Å². The highest BCUT2D eigenvalue weighted by Gasteiger charge is 2.05. The summed E-state index contributed by atoms with van der Waals surface area (Å²) in [7, 11) is 0. The van der Waals surface area contributed by atoms with Crippen LogP contribution in [0.1, 0.15) is 11.1 Å². The number of aryl methyl sites for hydroxylation is 2. The molecule has 0 aliphatic heterocycles. The molecular weight excluding hydrogens is 314 g/mol. The number of carbonyl (C=O) groups is 1. The standard InChI is InChI=1S/C20H19N3O2/c1-14-7-9-16(10-8-14)22-20(24)23-17-11-12-19(21-13-17)25-18-6-4-3-5-15(18)2/h3-13H,1-2H3,(H2,22,23,24).